The largest absolute Gasteiger partial charge is 0.339 e. The third kappa shape index (κ3) is 5.40. The molecule has 1 saturated heterocycles. The number of nitrogens with zero attached hydrogens (tertiary/aromatic N) is 1. The van der Waals surface area contributed by atoms with E-state index in [1.807, 2.05) is 59.5 Å². The van der Waals surface area contributed by atoms with Gasteiger partial charge in [-0.3, -0.25) is 9.59 Å². The highest BCUT2D eigenvalue weighted by Gasteiger charge is 2.20. The summed E-state index contributed by atoms with van der Waals surface area (Å²) >= 11 is 0. The maximum Gasteiger partial charge on any atom is 0.253 e. The van der Waals surface area contributed by atoms with Gasteiger partial charge in [0.1, 0.15) is 0 Å². The van der Waals surface area contributed by atoms with Gasteiger partial charge in [0, 0.05) is 36.7 Å². The van der Waals surface area contributed by atoms with Crippen LogP contribution in [0.2, 0.25) is 0 Å². The summed E-state index contributed by atoms with van der Waals surface area (Å²) in [5.74, 6) is -0.0527. The Kier molecular flexibility index (Phi) is 6.78. The summed E-state index contributed by atoms with van der Waals surface area (Å²) < 4.78 is 0. The minimum atomic E-state index is -0.0692. The van der Waals surface area contributed by atoms with Crippen LogP contribution in [0, 0.1) is 0 Å². The lowest BCUT2D eigenvalue weighted by Gasteiger charge is -2.26. The number of rotatable bonds is 6. The molecule has 0 radical (unpaired) electrons. The van der Waals surface area contributed by atoms with Crippen LogP contribution in [0.4, 0.5) is 5.69 Å². The first kappa shape index (κ1) is 20.9. The van der Waals surface area contributed by atoms with E-state index in [2.05, 4.69) is 29.6 Å². The molecule has 0 atom stereocenters. The van der Waals surface area contributed by atoms with Crippen molar-refractivity contribution in [2.75, 3.05) is 18.4 Å². The van der Waals surface area contributed by atoms with Crippen molar-refractivity contribution in [2.45, 2.75) is 31.6 Å². The van der Waals surface area contributed by atoms with Gasteiger partial charge in [-0.1, -0.05) is 66.7 Å². The predicted molar refractivity (Wildman–Crippen MR) is 124 cm³/mol. The number of anilines is 1. The first-order chi connectivity index (χ1) is 15.2. The number of hydrogen-bond donors (Lipinski definition) is 1. The van der Waals surface area contributed by atoms with Crippen molar-refractivity contribution < 1.29 is 9.59 Å². The Balaban J connectivity index is 1.47. The molecule has 3 aromatic rings. The Morgan fingerprint density at radius 1 is 0.774 bits per heavy atom. The molecule has 1 heterocycles. The van der Waals surface area contributed by atoms with Gasteiger partial charge in [-0.25, -0.2) is 0 Å². The maximum absolute atomic E-state index is 12.9. The molecule has 0 saturated carbocycles. The monoisotopic (exact) mass is 412 g/mol. The highest BCUT2D eigenvalue weighted by atomic mass is 16.2. The van der Waals surface area contributed by atoms with Crippen molar-refractivity contribution in [3.8, 4) is 0 Å². The summed E-state index contributed by atoms with van der Waals surface area (Å²) in [4.78, 5) is 27.7. The van der Waals surface area contributed by atoms with Crippen LogP contribution in [0.1, 0.15) is 53.1 Å². The van der Waals surface area contributed by atoms with Crippen LogP contribution < -0.4 is 5.32 Å². The Bertz CT molecular complexity index is 972. The third-order valence-corrected chi connectivity index (χ3v) is 5.83. The molecule has 4 heteroatoms. The summed E-state index contributed by atoms with van der Waals surface area (Å²) in [6.07, 6.45) is 3.63. The highest BCUT2D eigenvalue weighted by molar-refractivity contribution is 5.97. The average molecular weight is 413 g/mol. The summed E-state index contributed by atoms with van der Waals surface area (Å²) in [6.45, 7) is 1.62. The van der Waals surface area contributed by atoms with E-state index in [0.29, 0.717) is 17.7 Å². The minimum absolute atomic E-state index is 0.0273. The SMILES string of the molecule is O=C(CC(c1ccccc1)c1ccccc1)Nc1cccc(C(=O)N2CCCCC2)c1. The van der Waals surface area contributed by atoms with Crippen LogP contribution in [0.3, 0.4) is 0 Å². The van der Waals surface area contributed by atoms with E-state index in [4.69, 9.17) is 0 Å². The molecule has 31 heavy (non-hydrogen) atoms. The molecule has 2 amide bonds. The number of carbonyl (C=O) groups is 2. The van der Waals surface area contributed by atoms with Crippen molar-refractivity contribution >= 4 is 17.5 Å². The second-order valence-corrected chi connectivity index (χ2v) is 8.06. The number of likely N-dealkylation sites (tertiary alicyclic amines) is 1. The van der Waals surface area contributed by atoms with Crippen LogP contribution in [-0.4, -0.2) is 29.8 Å². The van der Waals surface area contributed by atoms with Gasteiger partial charge in [0.2, 0.25) is 5.91 Å². The van der Waals surface area contributed by atoms with Gasteiger partial charge in [-0.15, -0.1) is 0 Å². The lowest BCUT2D eigenvalue weighted by atomic mass is 9.88. The Morgan fingerprint density at radius 3 is 2.00 bits per heavy atom. The zero-order chi connectivity index (χ0) is 21.5. The lowest BCUT2D eigenvalue weighted by Crippen LogP contribution is -2.35. The molecule has 0 aromatic heterocycles. The highest BCUT2D eigenvalue weighted by Crippen LogP contribution is 2.28. The minimum Gasteiger partial charge on any atom is -0.339 e. The molecular weight excluding hydrogens is 384 g/mol. The number of benzene rings is 3. The molecule has 1 N–H and O–H groups in total. The number of carbonyl (C=O) groups excluding carboxylic acids is 2. The summed E-state index contributed by atoms with van der Waals surface area (Å²) in [5.41, 5.74) is 3.51. The van der Waals surface area contributed by atoms with E-state index >= 15 is 0 Å². The van der Waals surface area contributed by atoms with Gasteiger partial charge in [-0.2, -0.15) is 0 Å². The molecule has 0 bridgehead atoms. The molecule has 3 aromatic carbocycles. The summed E-state index contributed by atoms with van der Waals surface area (Å²) in [6, 6.07) is 27.5. The number of amides is 2. The van der Waals surface area contributed by atoms with Crippen molar-refractivity contribution in [1.29, 1.82) is 0 Å². The Morgan fingerprint density at radius 2 is 1.39 bits per heavy atom. The van der Waals surface area contributed by atoms with Crippen molar-refractivity contribution in [2.24, 2.45) is 0 Å². The number of piperidine rings is 1. The molecular formula is C27H28N2O2. The van der Waals surface area contributed by atoms with E-state index in [1.54, 1.807) is 6.07 Å². The summed E-state index contributed by atoms with van der Waals surface area (Å²) in [5, 5.41) is 3.00. The molecule has 0 aliphatic carbocycles. The van der Waals surface area contributed by atoms with Gasteiger partial charge in [0.05, 0.1) is 0 Å². The van der Waals surface area contributed by atoms with Crippen LogP contribution in [-0.2, 0) is 4.79 Å². The van der Waals surface area contributed by atoms with Crippen LogP contribution in [0.25, 0.3) is 0 Å². The van der Waals surface area contributed by atoms with E-state index < -0.39 is 0 Å². The third-order valence-electron chi connectivity index (χ3n) is 5.83. The van der Waals surface area contributed by atoms with Gasteiger partial charge in [0.15, 0.2) is 0 Å². The van der Waals surface area contributed by atoms with E-state index in [-0.39, 0.29) is 17.7 Å². The first-order valence-corrected chi connectivity index (χ1v) is 11.0. The van der Waals surface area contributed by atoms with Crippen molar-refractivity contribution in [1.82, 2.24) is 4.90 Å². The fraction of sp³-hybridized carbons (Fsp3) is 0.259. The van der Waals surface area contributed by atoms with Crippen LogP contribution in [0.15, 0.2) is 84.9 Å². The van der Waals surface area contributed by atoms with E-state index in [9.17, 15) is 9.59 Å². The van der Waals surface area contributed by atoms with Gasteiger partial charge in [0.25, 0.3) is 5.91 Å². The molecule has 0 spiro atoms. The molecule has 158 valence electrons. The van der Waals surface area contributed by atoms with E-state index in [0.717, 1.165) is 37.1 Å². The fourth-order valence-corrected chi connectivity index (χ4v) is 4.21. The summed E-state index contributed by atoms with van der Waals surface area (Å²) in [7, 11) is 0. The molecule has 1 aliphatic rings. The maximum atomic E-state index is 12.9. The topological polar surface area (TPSA) is 49.4 Å². The van der Waals surface area contributed by atoms with Crippen LogP contribution >= 0.6 is 0 Å². The first-order valence-electron chi connectivity index (χ1n) is 11.0. The van der Waals surface area contributed by atoms with Gasteiger partial charge in [-0.05, 0) is 48.6 Å². The van der Waals surface area contributed by atoms with Crippen molar-refractivity contribution in [3.63, 3.8) is 0 Å². The van der Waals surface area contributed by atoms with Gasteiger partial charge >= 0.3 is 0 Å². The van der Waals surface area contributed by atoms with E-state index in [1.165, 1.54) is 6.42 Å². The second kappa shape index (κ2) is 10.1. The normalized spacial score (nSPS) is 13.8. The Hall–Kier alpha value is -3.40. The average Bonchev–Trinajstić information content (AvgIpc) is 2.84. The molecule has 1 aliphatic heterocycles. The second-order valence-electron chi connectivity index (χ2n) is 8.06. The van der Waals surface area contributed by atoms with Crippen LogP contribution in [0.5, 0.6) is 0 Å². The fourth-order valence-electron chi connectivity index (χ4n) is 4.21. The molecule has 4 rings (SSSR count). The number of hydrogen-bond acceptors (Lipinski definition) is 2. The molecule has 4 nitrogen and oxygen atoms in total. The predicted octanol–water partition coefficient (Wildman–Crippen LogP) is 5.47. The lowest BCUT2D eigenvalue weighted by molar-refractivity contribution is -0.116. The standard InChI is InChI=1S/C27H28N2O2/c30-26(20-25(21-11-4-1-5-12-21)22-13-6-2-7-14-22)28-24-16-10-15-23(19-24)27(31)29-17-8-3-9-18-29/h1-2,4-7,10-16,19,25H,3,8-9,17-18,20H2,(H,28,30). The quantitative estimate of drug-likeness (QED) is 0.583. The van der Waals surface area contributed by atoms with Gasteiger partial charge < -0.3 is 10.2 Å². The zero-order valence-electron chi connectivity index (χ0n) is 17.7. The zero-order valence-corrected chi connectivity index (χ0v) is 17.7. The van der Waals surface area contributed by atoms with Crippen molar-refractivity contribution in [3.05, 3.63) is 102 Å². The molecule has 0 unspecified atom stereocenters. The molecule has 1 fully saturated rings. The smallest absolute Gasteiger partial charge is 0.253 e. The Labute approximate surface area is 183 Å². The number of nitrogens with one attached hydrogen (secondary N) is 1.